The lowest BCUT2D eigenvalue weighted by atomic mass is 9.74. The molecule has 0 amide bonds. The molecule has 0 radical (unpaired) electrons. The summed E-state index contributed by atoms with van der Waals surface area (Å²) in [6, 6.07) is 8.06. The normalized spacial score (nSPS) is 24.9. The van der Waals surface area contributed by atoms with E-state index in [1.807, 2.05) is 18.2 Å². The minimum absolute atomic E-state index is 0.0976. The summed E-state index contributed by atoms with van der Waals surface area (Å²) in [5.41, 5.74) is 1.06. The molecule has 2 heterocycles. The Labute approximate surface area is 172 Å². The van der Waals surface area contributed by atoms with Crippen molar-refractivity contribution in [2.45, 2.75) is 25.2 Å². The van der Waals surface area contributed by atoms with Crippen LogP contribution in [0.2, 0.25) is 5.02 Å². The van der Waals surface area contributed by atoms with E-state index in [0.29, 0.717) is 6.54 Å². The number of aliphatic imine (C=N–C) groups is 1. The number of benzene rings is 1. The molecule has 0 spiro atoms. The van der Waals surface area contributed by atoms with Crippen LogP contribution in [0.25, 0.3) is 0 Å². The molecule has 28 heavy (non-hydrogen) atoms. The minimum Gasteiger partial charge on any atom is -0.469 e. The Morgan fingerprint density at radius 2 is 2.07 bits per heavy atom. The first-order valence-electron chi connectivity index (χ1n) is 9.87. The molecule has 0 aliphatic carbocycles. The van der Waals surface area contributed by atoms with E-state index in [1.165, 1.54) is 7.11 Å². The number of nitrogens with one attached hydrogen (secondary N) is 1. The number of nitrogens with zero attached hydrogens (tertiary/aromatic N) is 2. The summed E-state index contributed by atoms with van der Waals surface area (Å²) in [5, 5.41) is 4.35. The highest BCUT2D eigenvalue weighted by atomic mass is 35.5. The number of likely N-dealkylation sites (tertiary alicyclic amines) is 1. The summed E-state index contributed by atoms with van der Waals surface area (Å²) in [7, 11) is 3.23. The smallest absolute Gasteiger partial charge is 0.310 e. The van der Waals surface area contributed by atoms with E-state index in [-0.39, 0.29) is 23.2 Å². The molecule has 1 N–H and O–H groups in total. The Kier molecular flexibility index (Phi) is 6.83. The molecular weight excluding hydrogens is 378 g/mol. The van der Waals surface area contributed by atoms with Crippen molar-refractivity contribution in [1.82, 2.24) is 10.2 Å². The van der Waals surface area contributed by atoms with Crippen LogP contribution in [-0.2, 0) is 19.7 Å². The molecule has 2 aliphatic heterocycles. The first-order valence-corrected chi connectivity index (χ1v) is 10.2. The van der Waals surface area contributed by atoms with E-state index in [2.05, 4.69) is 28.2 Å². The predicted octanol–water partition coefficient (Wildman–Crippen LogP) is 2.70. The molecule has 2 saturated heterocycles. The third-order valence-electron chi connectivity index (χ3n) is 6.11. The predicted molar refractivity (Wildman–Crippen MR) is 111 cm³/mol. The van der Waals surface area contributed by atoms with Crippen molar-refractivity contribution in [3.63, 3.8) is 0 Å². The quantitative estimate of drug-likeness (QED) is 0.472. The van der Waals surface area contributed by atoms with Crippen molar-refractivity contribution in [2.24, 2.45) is 16.8 Å². The average molecular weight is 408 g/mol. The third kappa shape index (κ3) is 4.28. The van der Waals surface area contributed by atoms with Gasteiger partial charge in [0, 0.05) is 50.3 Å². The number of guanidine groups is 1. The summed E-state index contributed by atoms with van der Waals surface area (Å²) in [5.74, 6) is 0.773. The highest BCUT2D eigenvalue weighted by Gasteiger charge is 2.39. The van der Waals surface area contributed by atoms with Crippen LogP contribution in [0.15, 0.2) is 29.3 Å². The Hall–Kier alpha value is -1.79. The van der Waals surface area contributed by atoms with Crippen LogP contribution in [0, 0.1) is 11.8 Å². The van der Waals surface area contributed by atoms with Crippen LogP contribution >= 0.6 is 11.6 Å². The van der Waals surface area contributed by atoms with Crippen molar-refractivity contribution >= 4 is 23.5 Å². The number of carbonyl (C=O) groups is 1. The molecule has 2 unspecified atom stereocenters. The highest BCUT2D eigenvalue weighted by Crippen LogP contribution is 2.38. The maximum atomic E-state index is 12.0. The standard InChI is InChI=1S/C21H30ClN3O3/c1-15-12-25(13-16(15)19(26)27-3)20(23-2)24-14-21(8-10-28-11-9-21)17-6-4-5-7-18(17)22/h4-7,15-16H,8-14H2,1-3H3,(H,23,24). The lowest BCUT2D eigenvalue weighted by Crippen LogP contribution is -2.49. The summed E-state index contributed by atoms with van der Waals surface area (Å²) >= 11 is 6.55. The van der Waals surface area contributed by atoms with Gasteiger partial charge in [-0.3, -0.25) is 9.79 Å². The highest BCUT2D eigenvalue weighted by molar-refractivity contribution is 6.31. The summed E-state index contributed by atoms with van der Waals surface area (Å²) < 4.78 is 10.6. The second kappa shape index (κ2) is 9.14. The molecule has 154 valence electrons. The van der Waals surface area contributed by atoms with Crippen LogP contribution in [-0.4, -0.2) is 63.8 Å². The topological polar surface area (TPSA) is 63.2 Å². The lowest BCUT2D eigenvalue weighted by molar-refractivity contribution is -0.145. The van der Waals surface area contributed by atoms with Crippen molar-refractivity contribution in [2.75, 3.05) is 47.0 Å². The second-order valence-corrected chi connectivity index (χ2v) is 8.19. The van der Waals surface area contributed by atoms with E-state index >= 15 is 0 Å². The number of halogens is 1. The lowest BCUT2D eigenvalue weighted by Gasteiger charge is -2.39. The van der Waals surface area contributed by atoms with Crippen LogP contribution in [0.3, 0.4) is 0 Å². The largest absolute Gasteiger partial charge is 0.469 e. The molecular formula is C21H30ClN3O3. The first kappa shape index (κ1) is 20.9. The van der Waals surface area contributed by atoms with Gasteiger partial charge in [0.05, 0.1) is 13.0 Å². The van der Waals surface area contributed by atoms with Crippen molar-refractivity contribution < 1.29 is 14.3 Å². The van der Waals surface area contributed by atoms with E-state index in [4.69, 9.17) is 21.1 Å². The van der Waals surface area contributed by atoms with E-state index in [9.17, 15) is 4.79 Å². The van der Waals surface area contributed by atoms with Crippen LogP contribution in [0.4, 0.5) is 0 Å². The van der Waals surface area contributed by atoms with Gasteiger partial charge >= 0.3 is 5.97 Å². The van der Waals surface area contributed by atoms with E-state index < -0.39 is 0 Å². The van der Waals surface area contributed by atoms with Gasteiger partial charge in [0.1, 0.15) is 0 Å². The Balaban J connectivity index is 1.74. The SMILES string of the molecule is CN=C(NCC1(c2ccccc2Cl)CCOCC1)N1CC(C)C(C(=O)OC)C1. The molecule has 2 fully saturated rings. The van der Waals surface area contributed by atoms with Crippen molar-refractivity contribution in [3.05, 3.63) is 34.9 Å². The van der Waals surface area contributed by atoms with Crippen LogP contribution in [0.1, 0.15) is 25.3 Å². The molecule has 0 aromatic heterocycles. The van der Waals surface area contributed by atoms with Crippen LogP contribution < -0.4 is 5.32 Å². The average Bonchev–Trinajstić information content (AvgIpc) is 3.10. The van der Waals surface area contributed by atoms with E-state index in [1.54, 1.807) is 7.05 Å². The van der Waals surface area contributed by atoms with Gasteiger partial charge in [-0.05, 0) is 30.4 Å². The molecule has 3 rings (SSSR count). The third-order valence-corrected chi connectivity index (χ3v) is 6.44. The number of hydrogen-bond donors (Lipinski definition) is 1. The zero-order chi connectivity index (χ0) is 20.1. The fourth-order valence-corrected chi connectivity index (χ4v) is 4.71. The van der Waals surface area contributed by atoms with Crippen LogP contribution in [0.5, 0.6) is 0 Å². The number of ether oxygens (including phenoxy) is 2. The number of rotatable bonds is 4. The molecule has 6 nitrogen and oxygen atoms in total. The van der Waals surface area contributed by atoms with Gasteiger partial charge in [-0.25, -0.2) is 0 Å². The molecule has 2 atom stereocenters. The second-order valence-electron chi connectivity index (χ2n) is 7.79. The Morgan fingerprint density at radius 1 is 1.36 bits per heavy atom. The number of hydrogen-bond acceptors (Lipinski definition) is 4. The van der Waals surface area contributed by atoms with Gasteiger partial charge in [0.2, 0.25) is 0 Å². The van der Waals surface area contributed by atoms with Gasteiger partial charge in [0.25, 0.3) is 0 Å². The maximum Gasteiger partial charge on any atom is 0.310 e. The van der Waals surface area contributed by atoms with Gasteiger partial charge in [-0.1, -0.05) is 36.7 Å². The van der Waals surface area contributed by atoms with Gasteiger partial charge in [-0.15, -0.1) is 0 Å². The fourth-order valence-electron chi connectivity index (χ4n) is 4.37. The zero-order valence-electron chi connectivity index (χ0n) is 16.9. The van der Waals surface area contributed by atoms with E-state index in [0.717, 1.165) is 55.7 Å². The monoisotopic (exact) mass is 407 g/mol. The molecule has 7 heteroatoms. The maximum absolute atomic E-state index is 12.0. The Bertz CT molecular complexity index is 719. The molecule has 0 saturated carbocycles. The number of carbonyl (C=O) groups excluding carboxylic acids is 1. The summed E-state index contributed by atoms with van der Waals surface area (Å²) in [6.45, 7) is 5.64. The van der Waals surface area contributed by atoms with Crippen molar-refractivity contribution in [3.8, 4) is 0 Å². The van der Waals surface area contributed by atoms with Gasteiger partial charge in [-0.2, -0.15) is 0 Å². The molecule has 1 aromatic rings. The fraction of sp³-hybridized carbons (Fsp3) is 0.619. The summed E-state index contributed by atoms with van der Waals surface area (Å²) in [4.78, 5) is 18.6. The molecule has 2 aliphatic rings. The minimum atomic E-state index is -0.151. The molecule has 1 aromatic carbocycles. The molecule has 0 bridgehead atoms. The number of methoxy groups -OCH3 is 1. The Morgan fingerprint density at radius 3 is 2.71 bits per heavy atom. The number of esters is 1. The van der Waals surface area contributed by atoms with Gasteiger partial charge in [0.15, 0.2) is 5.96 Å². The first-order chi connectivity index (χ1) is 13.5. The summed E-state index contributed by atoms with van der Waals surface area (Å²) in [6.07, 6.45) is 1.81. The zero-order valence-corrected chi connectivity index (χ0v) is 17.7. The van der Waals surface area contributed by atoms with Crippen molar-refractivity contribution in [1.29, 1.82) is 0 Å². The van der Waals surface area contributed by atoms with Gasteiger partial charge < -0.3 is 19.7 Å².